The summed E-state index contributed by atoms with van der Waals surface area (Å²) in [5, 5.41) is 24.6. The van der Waals surface area contributed by atoms with Gasteiger partial charge in [-0.15, -0.1) is 16.6 Å². The molecule has 0 aliphatic heterocycles. The summed E-state index contributed by atoms with van der Waals surface area (Å²) in [6.45, 7) is 2.11. The Labute approximate surface area is 172 Å². The number of ether oxygens (including phenoxy) is 1. The molecule has 6 heteroatoms. The fourth-order valence-corrected chi connectivity index (χ4v) is 4.06. The molecule has 0 atom stereocenters. The molecule has 0 radical (unpaired) electrons. The molecule has 1 saturated carbocycles. The van der Waals surface area contributed by atoms with Gasteiger partial charge < -0.3 is 15.2 Å². The van der Waals surface area contributed by atoms with Gasteiger partial charge in [-0.05, 0) is 50.1 Å². The van der Waals surface area contributed by atoms with Crippen molar-refractivity contribution in [2.24, 2.45) is 0 Å². The Morgan fingerprint density at radius 2 is 2.00 bits per heavy atom. The average molecular weight is 438 g/mol. The third-order valence-corrected chi connectivity index (χ3v) is 5.84. The Balaban J connectivity index is 1.76. The zero-order valence-corrected chi connectivity index (χ0v) is 17.2. The molecule has 0 amide bonds. The second kappa shape index (κ2) is 7.08. The number of aromatic nitrogens is 2. The van der Waals surface area contributed by atoms with Crippen molar-refractivity contribution in [2.45, 2.75) is 31.4 Å². The number of anilines is 1. The van der Waals surface area contributed by atoms with Crippen LogP contribution in [-0.4, -0.2) is 34.1 Å². The smallest absolute Gasteiger partial charge is 0.156 e. The largest absolute Gasteiger partial charge is 0.507 e. The Morgan fingerprint density at radius 1 is 1.21 bits per heavy atom. The van der Waals surface area contributed by atoms with Crippen LogP contribution in [0.15, 0.2) is 40.9 Å². The van der Waals surface area contributed by atoms with E-state index in [1.807, 2.05) is 18.2 Å². The van der Waals surface area contributed by atoms with Gasteiger partial charge in [-0.25, -0.2) is 0 Å². The number of rotatable bonds is 4. The highest BCUT2D eigenvalue weighted by atomic mass is 79.9. The summed E-state index contributed by atoms with van der Waals surface area (Å²) in [7, 11) is 1.75. The van der Waals surface area contributed by atoms with E-state index in [0.717, 1.165) is 33.9 Å². The van der Waals surface area contributed by atoms with Crippen molar-refractivity contribution in [2.75, 3.05) is 12.4 Å². The third kappa shape index (κ3) is 3.32. The number of phenolic OH excluding ortho intramolecular Hbond substituents is 1. The number of nitrogens with zero attached hydrogens (tertiary/aromatic N) is 2. The molecule has 1 aliphatic carbocycles. The molecule has 0 unspecified atom stereocenters. The van der Waals surface area contributed by atoms with Crippen molar-refractivity contribution in [3.05, 3.63) is 46.4 Å². The standard InChI is InChI=1S/C22H20BrN3O2/c1-4-13-5-7-17(19(27)9-13)20-16-8-6-14(23)10-18(16)21(26-25-20)24-15-11-22(2,12-15)28-3/h1,5-10,15,27H,11-12H2,2-3H3,(H,24,26). The van der Waals surface area contributed by atoms with Crippen LogP contribution in [0.25, 0.3) is 22.0 Å². The van der Waals surface area contributed by atoms with Gasteiger partial charge in [-0.1, -0.05) is 27.9 Å². The fourth-order valence-electron chi connectivity index (χ4n) is 3.70. The Kier molecular flexibility index (Phi) is 4.74. The van der Waals surface area contributed by atoms with E-state index in [1.54, 1.807) is 25.3 Å². The van der Waals surface area contributed by atoms with Crippen LogP contribution in [0, 0.1) is 12.3 Å². The molecule has 2 aromatic carbocycles. The number of benzene rings is 2. The summed E-state index contributed by atoms with van der Waals surface area (Å²) in [6.07, 6.45) is 7.24. The molecular weight excluding hydrogens is 418 g/mol. The van der Waals surface area contributed by atoms with Crippen molar-refractivity contribution in [3.63, 3.8) is 0 Å². The minimum absolute atomic E-state index is 0.0774. The first-order valence-corrected chi connectivity index (χ1v) is 9.79. The van der Waals surface area contributed by atoms with E-state index in [0.29, 0.717) is 16.8 Å². The molecule has 1 heterocycles. The lowest BCUT2D eigenvalue weighted by molar-refractivity contribution is -0.0625. The van der Waals surface area contributed by atoms with Gasteiger partial charge >= 0.3 is 0 Å². The summed E-state index contributed by atoms with van der Waals surface area (Å²) in [6, 6.07) is 11.4. The summed E-state index contributed by atoms with van der Waals surface area (Å²) in [5.41, 5.74) is 1.75. The highest BCUT2D eigenvalue weighted by Crippen LogP contribution is 2.39. The first-order valence-electron chi connectivity index (χ1n) is 9.00. The van der Waals surface area contributed by atoms with Crippen molar-refractivity contribution in [1.82, 2.24) is 10.2 Å². The molecular formula is C22H20BrN3O2. The van der Waals surface area contributed by atoms with Crippen LogP contribution in [0.3, 0.4) is 0 Å². The van der Waals surface area contributed by atoms with Crippen LogP contribution in [-0.2, 0) is 4.74 Å². The number of terminal acetylenes is 1. The molecule has 1 fully saturated rings. The van der Waals surface area contributed by atoms with Crippen LogP contribution >= 0.6 is 15.9 Å². The molecule has 1 aromatic heterocycles. The second-order valence-electron chi connectivity index (χ2n) is 7.37. The van der Waals surface area contributed by atoms with Gasteiger partial charge in [-0.3, -0.25) is 0 Å². The average Bonchev–Trinajstić information content (AvgIpc) is 2.67. The molecule has 28 heavy (non-hydrogen) atoms. The number of hydrogen-bond acceptors (Lipinski definition) is 5. The zero-order chi connectivity index (χ0) is 19.9. The lowest BCUT2D eigenvalue weighted by Gasteiger charge is -2.44. The van der Waals surface area contributed by atoms with Crippen LogP contribution < -0.4 is 5.32 Å². The molecule has 4 rings (SSSR count). The normalized spacial score (nSPS) is 21.1. The molecule has 3 aromatic rings. The van der Waals surface area contributed by atoms with Gasteiger partial charge in [0.05, 0.1) is 5.60 Å². The minimum atomic E-state index is -0.0774. The van der Waals surface area contributed by atoms with Gasteiger partial charge in [0, 0.05) is 39.5 Å². The van der Waals surface area contributed by atoms with Gasteiger partial charge in [0.15, 0.2) is 5.82 Å². The van der Waals surface area contributed by atoms with E-state index in [-0.39, 0.29) is 17.4 Å². The highest BCUT2D eigenvalue weighted by molar-refractivity contribution is 9.10. The Morgan fingerprint density at radius 3 is 2.68 bits per heavy atom. The van der Waals surface area contributed by atoms with Gasteiger partial charge in [0.2, 0.25) is 0 Å². The van der Waals surface area contributed by atoms with Crippen molar-refractivity contribution < 1.29 is 9.84 Å². The maximum atomic E-state index is 10.4. The van der Waals surface area contributed by atoms with E-state index >= 15 is 0 Å². The van der Waals surface area contributed by atoms with Crippen molar-refractivity contribution in [1.29, 1.82) is 0 Å². The van der Waals surface area contributed by atoms with Crippen molar-refractivity contribution in [3.8, 4) is 29.4 Å². The SMILES string of the molecule is C#Cc1ccc(-c2nnc(NC3CC(C)(OC)C3)c3cc(Br)ccc23)c(O)c1. The van der Waals surface area contributed by atoms with E-state index in [1.165, 1.54) is 0 Å². The maximum absolute atomic E-state index is 10.4. The number of halogens is 1. The topological polar surface area (TPSA) is 67.3 Å². The summed E-state index contributed by atoms with van der Waals surface area (Å²) in [5.74, 6) is 3.34. The summed E-state index contributed by atoms with van der Waals surface area (Å²) < 4.78 is 6.48. The maximum Gasteiger partial charge on any atom is 0.156 e. The summed E-state index contributed by atoms with van der Waals surface area (Å²) in [4.78, 5) is 0. The molecule has 5 nitrogen and oxygen atoms in total. The Bertz CT molecular complexity index is 1100. The first kappa shape index (κ1) is 18.7. The number of hydrogen-bond donors (Lipinski definition) is 2. The zero-order valence-electron chi connectivity index (χ0n) is 15.7. The van der Waals surface area contributed by atoms with E-state index in [4.69, 9.17) is 11.2 Å². The van der Waals surface area contributed by atoms with E-state index in [9.17, 15) is 5.11 Å². The van der Waals surface area contributed by atoms with Gasteiger partial charge in [0.1, 0.15) is 11.4 Å². The fraction of sp³-hybridized carbons (Fsp3) is 0.273. The number of fused-ring (bicyclic) bond motifs is 1. The molecule has 0 spiro atoms. The van der Waals surface area contributed by atoms with Gasteiger partial charge in [0.25, 0.3) is 0 Å². The molecule has 0 bridgehead atoms. The molecule has 0 saturated heterocycles. The van der Waals surface area contributed by atoms with Crippen LogP contribution in [0.4, 0.5) is 5.82 Å². The molecule has 142 valence electrons. The molecule has 2 N–H and O–H groups in total. The number of methoxy groups -OCH3 is 1. The number of nitrogens with one attached hydrogen (secondary N) is 1. The Hall–Kier alpha value is -2.62. The highest BCUT2D eigenvalue weighted by Gasteiger charge is 2.40. The number of aromatic hydroxyl groups is 1. The predicted molar refractivity (Wildman–Crippen MR) is 114 cm³/mol. The quantitative estimate of drug-likeness (QED) is 0.577. The van der Waals surface area contributed by atoms with Crippen LogP contribution in [0.5, 0.6) is 5.75 Å². The van der Waals surface area contributed by atoms with Gasteiger partial charge in [-0.2, -0.15) is 0 Å². The van der Waals surface area contributed by atoms with Crippen molar-refractivity contribution >= 4 is 32.5 Å². The lowest BCUT2D eigenvalue weighted by Crippen LogP contribution is -2.49. The minimum Gasteiger partial charge on any atom is -0.507 e. The lowest BCUT2D eigenvalue weighted by atomic mass is 9.77. The van der Waals surface area contributed by atoms with E-state index in [2.05, 4.69) is 44.3 Å². The second-order valence-corrected chi connectivity index (χ2v) is 8.28. The predicted octanol–water partition coefficient (Wildman–Crippen LogP) is 4.73. The van der Waals surface area contributed by atoms with Crippen LogP contribution in [0.2, 0.25) is 0 Å². The van der Waals surface area contributed by atoms with E-state index < -0.39 is 0 Å². The first-order chi connectivity index (χ1) is 13.4. The molecule has 1 aliphatic rings. The van der Waals surface area contributed by atoms with Crippen LogP contribution in [0.1, 0.15) is 25.3 Å². The third-order valence-electron chi connectivity index (χ3n) is 5.35. The monoisotopic (exact) mass is 437 g/mol. The number of phenols is 1. The summed E-state index contributed by atoms with van der Waals surface area (Å²) >= 11 is 3.54.